The van der Waals surface area contributed by atoms with Crippen molar-refractivity contribution in [2.24, 2.45) is 5.73 Å². The lowest BCUT2D eigenvalue weighted by molar-refractivity contribution is 0.268. The fraction of sp³-hybridized carbons (Fsp3) is 0.179. The Labute approximate surface area is 194 Å². The molecule has 0 bridgehead atoms. The first-order valence-electron chi connectivity index (χ1n) is 11.1. The Balaban J connectivity index is 1.67. The van der Waals surface area contributed by atoms with Crippen LogP contribution in [0.25, 0.3) is 11.1 Å². The van der Waals surface area contributed by atoms with E-state index in [1.54, 1.807) is 0 Å². The Bertz CT molecular complexity index is 1160. The number of nitrogens with zero attached hydrogens (tertiary/aromatic N) is 1. The minimum atomic E-state index is 0.392. The van der Waals surface area contributed by atoms with Gasteiger partial charge in [0.05, 0.1) is 6.61 Å². The third kappa shape index (κ3) is 5.90. The van der Waals surface area contributed by atoms with Crippen LogP contribution in [0.4, 0.5) is 0 Å². The van der Waals surface area contributed by atoms with E-state index in [0.717, 1.165) is 33.6 Å². The van der Waals surface area contributed by atoms with Crippen molar-refractivity contribution in [2.45, 2.75) is 26.7 Å². The topological polar surface area (TPSA) is 66.6 Å². The molecule has 2 N–H and O–H groups in total. The maximum Gasteiger partial charge on any atom is 0.225 e. The molecule has 4 aromatic rings. The van der Waals surface area contributed by atoms with Gasteiger partial charge in [-0.3, -0.25) is 0 Å². The maximum absolute atomic E-state index is 6.20. The van der Waals surface area contributed by atoms with Gasteiger partial charge in [0.1, 0.15) is 19.0 Å². The van der Waals surface area contributed by atoms with Gasteiger partial charge in [0, 0.05) is 23.7 Å². The average Bonchev–Trinajstić information content (AvgIpc) is 2.88. The number of rotatable bonds is 10. The summed E-state index contributed by atoms with van der Waals surface area (Å²) in [5.74, 6) is 1.75. The van der Waals surface area contributed by atoms with E-state index in [9.17, 15) is 0 Å². The molecule has 0 unspecified atom stereocenters. The number of benzene rings is 3. The zero-order valence-electron chi connectivity index (χ0n) is 18.7. The Morgan fingerprint density at radius 1 is 0.667 bits per heavy atom. The molecule has 0 aliphatic carbocycles. The lowest BCUT2D eigenvalue weighted by Gasteiger charge is -2.16. The zero-order valence-corrected chi connectivity index (χ0v) is 18.7. The molecule has 1 aromatic heterocycles. The Morgan fingerprint density at radius 2 is 1.33 bits per heavy atom. The third-order valence-electron chi connectivity index (χ3n) is 5.15. The summed E-state index contributed by atoms with van der Waals surface area (Å²) >= 11 is 0. The fourth-order valence-electron chi connectivity index (χ4n) is 3.47. The van der Waals surface area contributed by atoms with Crippen molar-refractivity contribution in [3.05, 3.63) is 108 Å². The van der Waals surface area contributed by atoms with Crippen LogP contribution in [0.3, 0.4) is 0 Å². The molecular weight excluding hydrogens is 412 g/mol. The summed E-state index contributed by atoms with van der Waals surface area (Å²) in [6.07, 6.45) is 0. The molecule has 0 saturated heterocycles. The lowest BCUT2D eigenvalue weighted by atomic mass is 10.0. The van der Waals surface area contributed by atoms with Crippen molar-refractivity contribution in [3.8, 4) is 28.6 Å². The molecule has 0 aliphatic heterocycles. The summed E-state index contributed by atoms with van der Waals surface area (Å²) in [5.41, 5.74) is 10.8. The largest absolute Gasteiger partial charge is 0.493 e. The first-order chi connectivity index (χ1) is 16.3. The molecule has 5 heteroatoms. The highest BCUT2D eigenvalue weighted by Crippen LogP contribution is 2.38. The summed E-state index contributed by atoms with van der Waals surface area (Å²) in [6.45, 7) is 3.78. The maximum atomic E-state index is 6.20. The van der Waals surface area contributed by atoms with E-state index in [-0.39, 0.29) is 0 Å². The number of ether oxygens (including phenoxy) is 3. The van der Waals surface area contributed by atoms with Crippen LogP contribution >= 0.6 is 0 Å². The molecule has 4 rings (SSSR count). The van der Waals surface area contributed by atoms with Gasteiger partial charge in [-0.1, -0.05) is 66.7 Å². The molecule has 0 radical (unpaired) electrons. The molecular formula is C28H28N2O3. The quantitative estimate of drug-likeness (QED) is 0.339. The molecule has 33 heavy (non-hydrogen) atoms. The van der Waals surface area contributed by atoms with Gasteiger partial charge in [-0.2, -0.15) is 4.98 Å². The second kappa shape index (κ2) is 11.2. The van der Waals surface area contributed by atoms with Crippen LogP contribution in [0.1, 0.15) is 23.6 Å². The minimum Gasteiger partial charge on any atom is -0.493 e. The van der Waals surface area contributed by atoms with E-state index in [4.69, 9.17) is 24.9 Å². The van der Waals surface area contributed by atoms with Gasteiger partial charge >= 0.3 is 0 Å². The molecule has 0 spiro atoms. The number of hydrogen-bond acceptors (Lipinski definition) is 5. The summed E-state index contributed by atoms with van der Waals surface area (Å²) in [4.78, 5) is 4.70. The van der Waals surface area contributed by atoms with Crippen LogP contribution in [0.2, 0.25) is 0 Å². The van der Waals surface area contributed by atoms with E-state index >= 15 is 0 Å². The van der Waals surface area contributed by atoms with Crippen LogP contribution in [0, 0.1) is 0 Å². The molecule has 168 valence electrons. The van der Waals surface area contributed by atoms with Crippen LogP contribution in [-0.2, 0) is 19.8 Å². The number of nitrogens with two attached hydrogens (primary N) is 1. The molecule has 3 aromatic carbocycles. The lowest BCUT2D eigenvalue weighted by Crippen LogP contribution is -2.04. The predicted molar refractivity (Wildman–Crippen MR) is 130 cm³/mol. The SMILES string of the molecule is CCOc1ccc(CN)cc1-c1ccc(OCc2ccccc2)nc1OCc1ccccc1. The average molecular weight is 441 g/mol. The molecule has 0 fully saturated rings. The molecule has 0 aliphatic rings. The molecule has 1 heterocycles. The highest BCUT2D eigenvalue weighted by atomic mass is 16.5. The van der Waals surface area contributed by atoms with Crippen molar-refractivity contribution in [3.63, 3.8) is 0 Å². The van der Waals surface area contributed by atoms with Gasteiger partial charge < -0.3 is 19.9 Å². The first kappa shape index (κ1) is 22.4. The van der Waals surface area contributed by atoms with Crippen molar-refractivity contribution < 1.29 is 14.2 Å². The normalized spacial score (nSPS) is 10.6. The van der Waals surface area contributed by atoms with Crippen molar-refractivity contribution >= 4 is 0 Å². The van der Waals surface area contributed by atoms with E-state index in [1.165, 1.54) is 0 Å². The Hall–Kier alpha value is -3.83. The van der Waals surface area contributed by atoms with Gasteiger partial charge in [0.2, 0.25) is 11.8 Å². The second-order valence-electron chi connectivity index (χ2n) is 7.52. The highest BCUT2D eigenvalue weighted by molar-refractivity contribution is 5.75. The highest BCUT2D eigenvalue weighted by Gasteiger charge is 2.16. The monoisotopic (exact) mass is 440 g/mol. The van der Waals surface area contributed by atoms with E-state index in [2.05, 4.69) is 0 Å². The van der Waals surface area contributed by atoms with Gasteiger partial charge in [0.25, 0.3) is 0 Å². The van der Waals surface area contributed by atoms with Crippen LogP contribution in [-0.4, -0.2) is 11.6 Å². The number of pyridine rings is 1. The second-order valence-corrected chi connectivity index (χ2v) is 7.52. The van der Waals surface area contributed by atoms with Gasteiger partial charge in [0.15, 0.2) is 0 Å². The molecule has 5 nitrogen and oxygen atoms in total. The van der Waals surface area contributed by atoms with Crippen molar-refractivity contribution in [1.82, 2.24) is 4.98 Å². The van der Waals surface area contributed by atoms with E-state index in [1.807, 2.05) is 97.9 Å². The standard InChI is InChI=1S/C28H28N2O3/c1-2-31-26-15-13-23(18-29)17-25(26)24-14-16-27(32-19-21-9-5-3-6-10-21)30-28(24)33-20-22-11-7-4-8-12-22/h3-17H,2,18-20,29H2,1H3. The van der Waals surface area contributed by atoms with Crippen LogP contribution in [0.5, 0.6) is 17.5 Å². The van der Waals surface area contributed by atoms with Crippen molar-refractivity contribution in [1.29, 1.82) is 0 Å². The Morgan fingerprint density at radius 3 is 1.97 bits per heavy atom. The van der Waals surface area contributed by atoms with Crippen LogP contribution < -0.4 is 19.9 Å². The molecule has 0 amide bonds. The summed E-state index contributed by atoms with van der Waals surface area (Å²) in [7, 11) is 0. The van der Waals surface area contributed by atoms with E-state index < -0.39 is 0 Å². The van der Waals surface area contributed by atoms with E-state index in [0.29, 0.717) is 38.1 Å². The zero-order chi connectivity index (χ0) is 22.9. The van der Waals surface area contributed by atoms with Gasteiger partial charge in [-0.05, 0) is 41.8 Å². The Kier molecular flexibility index (Phi) is 7.56. The van der Waals surface area contributed by atoms with Crippen molar-refractivity contribution in [2.75, 3.05) is 6.61 Å². The fourth-order valence-corrected chi connectivity index (χ4v) is 3.47. The number of hydrogen-bond donors (Lipinski definition) is 1. The van der Waals surface area contributed by atoms with Gasteiger partial charge in [-0.15, -0.1) is 0 Å². The number of aromatic nitrogens is 1. The summed E-state index contributed by atoms with van der Waals surface area (Å²) in [6, 6.07) is 29.8. The first-order valence-corrected chi connectivity index (χ1v) is 11.1. The predicted octanol–water partition coefficient (Wildman–Crippen LogP) is 5.76. The van der Waals surface area contributed by atoms with Gasteiger partial charge in [-0.25, -0.2) is 0 Å². The third-order valence-corrected chi connectivity index (χ3v) is 5.15. The molecule has 0 saturated carbocycles. The minimum absolute atomic E-state index is 0.392. The van der Waals surface area contributed by atoms with Crippen LogP contribution in [0.15, 0.2) is 91.0 Å². The summed E-state index contributed by atoms with van der Waals surface area (Å²) in [5, 5.41) is 0. The summed E-state index contributed by atoms with van der Waals surface area (Å²) < 4.78 is 18.0. The smallest absolute Gasteiger partial charge is 0.225 e. The molecule has 0 atom stereocenters.